The molecule has 18 heavy (non-hydrogen) atoms. The SMILES string of the molecule is O=c1[nH]ccn1-c1ccc(NCC2CCC2)cc1. The third-order valence-electron chi connectivity index (χ3n) is 3.61. The topological polar surface area (TPSA) is 49.8 Å². The molecule has 0 spiro atoms. The molecule has 1 aromatic carbocycles. The van der Waals surface area contributed by atoms with E-state index in [1.807, 2.05) is 24.3 Å². The summed E-state index contributed by atoms with van der Waals surface area (Å²) in [6, 6.07) is 7.96. The Bertz CT molecular complexity index is 563. The average Bonchev–Trinajstić information content (AvgIpc) is 2.74. The van der Waals surface area contributed by atoms with Crippen LogP contribution >= 0.6 is 0 Å². The highest BCUT2D eigenvalue weighted by atomic mass is 16.1. The van der Waals surface area contributed by atoms with Gasteiger partial charge in [0.2, 0.25) is 0 Å². The summed E-state index contributed by atoms with van der Waals surface area (Å²) in [4.78, 5) is 14.1. The van der Waals surface area contributed by atoms with Gasteiger partial charge < -0.3 is 10.3 Å². The Hall–Kier alpha value is -1.97. The molecular weight excluding hydrogens is 226 g/mol. The summed E-state index contributed by atoms with van der Waals surface area (Å²) in [6.07, 6.45) is 7.46. The highest BCUT2D eigenvalue weighted by Crippen LogP contribution is 2.26. The van der Waals surface area contributed by atoms with Gasteiger partial charge in [-0.05, 0) is 43.0 Å². The van der Waals surface area contributed by atoms with Crippen LogP contribution in [0.25, 0.3) is 5.69 Å². The summed E-state index contributed by atoms with van der Waals surface area (Å²) in [5.74, 6) is 0.844. The maximum atomic E-state index is 11.5. The first-order valence-electron chi connectivity index (χ1n) is 6.43. The summed E-state index contributed by atoms with van der Waals surface area (Å²) in [6.45, 7) is 1.06. The van der Waals surface area contributed by atoms with Crippen molar-refractivity contribution in [3.05, 3.63) is 47.1 Å². The van der Waals surface area contributed by atoms with E-state index >= 15 is 0 Å². The van der Waals surface area contributed by atoms with Crippen molar-refractivity contribution >= 4 is 5.69 Å². The van der Waals surface area contributed by atoms with Crippen LogP contribution in [0.4, 0.5) is 5.69 Å². The number of rotatable bonds is 4. The van der Waals surface area contributed by atoms with Crippen LogP contribution in [-0.4, -0.2) is 16.1 Å². The highest BCUT2D eigenvalue weighted by Gasteiger charge is 2.16. The molecule has 0 saturated heterocycles. The molecule has 2 N–H and O–H groups in total. The Morgan fingerprint density at radius 2 is 2.06 bits per heavy atom. The van der Waals surface area contributed by atoms with Gasteiger partial charge in [0.15, 0.2) is 0 Å². The summed E-state index contributed by atoms with van der Waals surface area (Å²) >= 11 is 0. The fraction of sp³-hybridized carbons (Fsp3) is 0.357. The van der Waals surface area contributed by atoms with Crippen LogP contribution < -0.4 is 11.0 Å². The van der Waals surface area contributed by atoms with E-state index < -0.39 is 0 Å². The number of nitrogens with zero attached hydrogens (tertiary/aromatic N) is 1. The number of benzene rings is 1. The van der Waals surface area contributed by atoms with Crippen LogP contribution in [0.3, 0.4) is 0 Å². The average molecular weight is 243 g/mol. The first-order chi connectivity index (χ1) is 8.83. The molecule has 0 amide bonds. The largest absolute Gasteiger partial charge is 0.385 e. The molecule has 0 atom stereocenters. The number of hydrogen-bond donors (Lipinski definition) is 2. The zero-order valence-corrected chi connectivity index (χ0v) is 10.2. The van der Waals surface area contributed by atoms with Crippen molar-refractivity contribution < 1.29 is 0 Å². The number of hydrogen-bond acceptors (Lipinski definition) is 2. The number of aromatic amines is 1. The molecular formula is C14H17N3O. The van der Waals surface area contributed by atoms with Gasteiger partial charge in [-0.2, -0.15) is 0 Å². The molecule has 2 aromatic rings. The normalized spacial score (nSPS) is 15.3. The van der Waals surface area contributed by atoms with Crippen molar-refractivity contribution in [2.24, 2.45) is 5.92 Å². The van der Waals surface area contributed by atoms with Gasteiger partial charge in [0.25, 0.3) is 0 Å². The number of H-pyrrole nitrogens is 1. The predicted octanol–water partition coefficient (Wildman–Crippen LogP) is 2.38. The molecule has 0 unspecified atom stereocenters. The van der Waals surface area contributed by atoms with Gasteiger partial charge in [-0.3, -0.25) is 4.57 Å². The zero-order valence-electron chi connectivity index (χ0n) is 10.2. The Labute approximate surface area is 106 Å². The van der Waals surface area contributed by atoms with E-state index in [1.54, 1.807) is 17.0 Å². The molecule has 4 nitrogen and oxygen atoms in total. The van der Waals surface area contributed by atoms with Crippen LogP contribution in [0, 0.1) is 5.92 Å². The first kappa shape index (κ1) is 11.1. The number of aromatic nitrogens is 2. The van der Waals surface area contributed by atoms with Gasteiger partial charge in [0, 0.05) is 24.6 Å². The van der Waals surface area contributed by atoms with Crippen molar-refractivity contribution in [1.29, 1.82) is 0 Å². The molecule has 4 heteroatoms. The van der Waals surface area contributed by atoms with Gasteiger partial charge >= 0.3 is 5.69 Å². The second kappa shape index (κ2) is 4.72. The van der Waals surface area contributed by atoms with E-state index in [-0.39, 0.29) is 5.69 Å². The molecule has 94 valence electrons. The van der Waals surface area contributed by atoms with Crippen molar-refractivity contribution in [3.8, 4) is 5.69 Å². The maximum absolute atomic E-state index is 11.5. The fourth-order valence-corrected chi connectivity index (χ4v) is 2.22. The number of imidazole rings is 1. The van der Waals surface area contributed by atoms with Gasteiger partial charge in [0.1, 0.15) is 0 Å². The molecule has 0 bridgehead atoms. The third kappa shape index (κ3) is 2.18. The van der Waals surface area contributed by atoms with E-state index in [9.17, 15) is 4.79 Å². The maximum Gasteiger partial charge on any atom is 0.330 e. The summed E-state index contributed by atoms with van der Waals surface area (Å²) in [5, 5.41) is 3.44. The summed E-state index contributed by atoms with van der Waals surface area (Å²) in [7, 11) is 0. The lowest BCUT2D eigenvalue weighted by Crippen LogP contribution is -2.20. The zero-order chi connectivity index (χ0) is 12.4. The second-order valence-corrected chi connectivity index (χ2v) is 4.86. The molecule has 1 aromatic heterocycles. The minimum atomic E-state index is -0.106. The molecule has 0 aliphatic heterocycles. The van der Waals surface area contributed by atoms with Gasteiger partial charge in [-0.25, -0.2) is 4.79 Å². The lowest BCUT2D eigenvalue weighted by Gasteiger charge is -2.25. The molecule has 1 saturated carbocycles. The van der Waals surface area contributed by atoms with Crippen LogP contribution in [0.1, 0.15) is 19.3 Å². The standard InChI is InChI=1S/C14H17N3O/c18-14-15-8-9-17(14)13-6-4-12(5-7-13)16-10-11-2-1-3-11/h4-9,11,16H,1-3,10H2,(H,15,18). The third-order valence-corrected chi connectivity index (χ3v) is 3.61. The quantitative estimate of drug-likeness (QED) is 0.866. The predicted molar refractivity (Wildman–Crippen MR) is 72.2 cm³/mol. The van der Waals surface area contributed by atoms with Crippen molar-refractivity contribution in [2.75, 3.05) is 11.9 Å². The van der Waals surface area contributed by atoms with Crippen LogP contribution in [0.2, 0.25) is 0 Å². The van der Waals surface area contributed by atoms with Crippen molar-refractivity contribution in [1.82, 2.24) is 9.55 Å². The van der Waals surface area contributed by atoms with Gasteiger partial charge in [-0.15, -0.1) is 0 Å². The lowest BCUT2D eigenvalue weighted by atomic mass is 9.85. The van der Waals surface area contributed by atoms with E-state index in [0.29, 0.717) is 0 Å². The summed E-state index contributed by atoms with van der Waals surface area (Å²) in [5.41, 5.74) is 1.90. The minimum absolute atomic E-state index is 0.106. The molecule has 0 radical (unpaired) electrons. The Morgan fingerprint density at radius 1 is 1.28 bits per heavy atom. The van der Waals surface area contributed by atoms with Crippen LogP contribution in [0.15, 0.2) is 41.5 Å². The van der Waals surface area contributed by atoms with Crippen molar-refractivity contribution in [2.45, 2.75) is 19.3 Å². The van der Waals surface area contributed by atoms with Gasteiger partial charge in [-0.1, -0.05) is 6.42 Å². The Kier molecular flexibility index (Phi) is 2.92. The second-order valence-electron chi connectivity index (χ2n) is 4.86. The molecule has 1 aliphatic rings. The fourth-order valence-electron chi connectivity index (χ4n) is 2.22. The Morgan fingerprint density at radius 3 is 2.61 bits per heavy atom. The number of anilines is 1. The van der Waals surface area contributed by atoms with Gasteiger partial charge in [0.05, 0.1) is 5.69 Å². The van der Waals surface area contributed by atoms with Crippen LogP contribution in [0.5, 0.6) is 0 Å². The first-order valence-corrected chi connectivity index (χ1v) is 6.43. The Balaban J connectivity index is 1.68. The van der Waals surface area contributed by atoms with E-state index in [4.69, 9.17) is 0 Å². The van der Waals surface area contributed by atoms with E-state index in [2.05, 4.69) is 10.3 Å². The molecule has 1 aliphatic carbocycles. The van der Waals surface area contributed by atoms with E-state index in [1.165, 1.54) is 19.3 Å². The van der Waals surface area contributed by atoms with Crippen molar-refractivity contribution in [3.63, 3.8) is 0 Å². The minimum Gasteiger partial charge on any atom is -0.385 e. The molecule has 1 heterocycles. The summed E-state index contributed by atoms with van der Waals surface area (Å²) < 4.78 is 1.59. The molecule has 3 rings (SSSR count). The smallest absolute Gasteiger partial charge is 0.330 e. The highest BCUT2D eigenvalue weighted by molar-refractivity contribution is 5.48. The van der Waals surface area contributed by atoms with Crippen LogP contribution in [-0.2, 0) is 0 Å². The lowest BCUT2D eigenvalue weighted by molar-refractivity contribution is 0.333. The van der Waals surface area contributed by atoms with E-state index in [0.717, 1.165) is 23.8 Å². The number of nitrogens with one attached hydrogen (secondary N) is 2. The molecule has 1 fully saturated rings. The monoisotopic (exact) mass is 243 g/mol.